The second-order valence-electron chi connectivity index (χ2n) is 7.23. The van der Waals surface area contributed by atoms with Crippen molar-refractivity contribution >= 4 is 0 Å². The molecule has 1 unspecified atom stereocenters. The highest BCUT2D eigenvalue weighted by atomic mass is 19.4. The van der Waals surface area contributed by atoms with Crippen LogP contribution in [0.1, 0.15) is 37.3 Å². The van der Waals surface area contributed by atoms with Crippen LogP contribution in [0, 0.1) is 0 Å². The van der Waals surface area contributed by atoms with Gasteiger partial charge in [-0.2, -0.15) is 13.2 Å². The lowest BCUT2D eigenvalue weighted by molar-refractivity contribution is -0.137. The molecule has 3 atom stereocenters. The first-order valence-electron chi connectivity index (χ1n) is 8.98. The van der Waals surface area contributed by atoms with E-state index in [0.29, 0.717) is 31.4 Å². The van der Waals surface area contributed by atoms with Crippen LogP contribution in [0.5, 0.6) is 0 Å². The molecule has 3 rings (SSSR count). The zero-order valence-electron chi connectivity index (χ0n) is 15.1. The van der Waals surface area contributed by atoms with E-state index >= 15 is 0 Å². The van der Waals surface area contributed by atoms with Crippen molar-refractivity contribution in [1.82, 2.24) is 21.3 Å². The van der Waals surface area contributed by atoms with Gasteiger partial charge in [0.2, 0.25) is 0 Å². The van der Waals surface area contributed by atoms with E-state index in [1.807, 2.05) is 18.1 Å². The minimum absolute atomic E-state index is 0.0229. The molecule has 27 heavy (non-hydrogen) atoms. The minimum atomic E-state index is -4.40. The van der Waals surface area contributed by atoms with Crippen molar-refractivity contribution in [1.29, 1.82) is 0 Å². The van der Waals surface area contributed by atoms with Crippen molar-refractivity contribution in [3.8, 4) is 0 Å². The molecule has 1 aromatic carbocycles. The predicted molar refractivity (Wildman–Crippen MR) is 93.7 cm³/mol. The van der Waals surface area contributed by atoms with Crippen molar-refractivity contribution in [2.24, 2.45) is 0 Å². The summed E-state index contributed by atoms with van der Waals surface area (Å²) in [6.45, 7) is 2.65. The number of hydrazine groups is 2. The fourth-order valence-corrected chi connectivity index (χ4v) is 3.70. The Bertz CT molecular complexity index is 680. The number of hydrogen-bond donors (Lipinski definition) is 5. The second-order valence-corrected chi connectivity index (χ2v) is 7.23. The van der Waals surface area contributed by atoms with Gasteiger partial charge in [0.25, 0.3) is 0 Å². The van der Waals surface area contributed by atoms with Gasteiger partial charge in [-0.05, 0) is 37.5 Å². The molecule has 2 aliphatic heterocycles. The number of nitrogens with one attached hydrogen (secondary N) is 3. The molecule has 0 amide bonds. The first kappa shape index (κ1) is 19.9. The Morgan fingerprint density at radius 2 is 1.93 bits per heavy atom. The Hall–Kier alpha value is -1.81. The number of rotatable bonds is 5. The largest absolute Gasteiger partial charge is 0.416 e. The number of benzene rings is 1. The van der Waals surface area contributed by atoms with Gasteiger partial charge in [-0.25, -0.2) is 0 Å². The van der Waals surface area contributed by atoms with Crippen molar-refractivity contribution in [3.63, 3.8) is 0 Å². The lowest BCUT2D eigenvalue weighted by Crippen LogP contribution is -2.53. The fraction of sp³-hybridized carbons (Fsp3) is 0.556. The minimum Gasteiger partial charge on any atom is -0.396 e. The average Bonchev–Trinajstić information content (AvgIpc) is 3.07. The molecule has 6 nitrogen and oxygen atoms in total. The first-order chi connectivity index (χ1) is 12.7. The maximum Gasteiger partial charge on any atom is 0.416 e. The van der Waals surface area contributed by atoms with E-state index in [0.717, 1.165) is 17.8 Å². The molecule has 1 saturated heterocycles. The highest BCUT2D eigenvalue weighted by Crippen LogP contribution is 2.38. The lowest BCUT2D eigenvalue weighted by atomic mass is 9.78. The zero-order valence-corrected chi connectivity index (χ0v) is 15.1. The average molecular weight is 386 g/mol. The van der Waals surface area contributed by atoms with Crippen LogP contribution >= 0.6 is 0 Å². The number of hydrogen-bond acceptors (Lipinski definition) is 6. The molecule has 0 spiro atoms. The third-order valence-corrected chi connectivity index (χ3v) is 4.99. The van der Waals surface area contributed by atoms with E-state index in [2.05, 4.69) is 16.3 Å². The van der Waals surface area contributed by atoms with Crippen molar-refractivity contribution in [3.05, 3.63) is 47.3 Å². The van der Waals surface area contributed by atoms with Gasteiger partial charge >= 0.3 is 6.18 Å². The third-order valence-electron chi connectivity index (χ3n) is 4.99. The highest BCUT2D eigenvalue weighted by Gasteiger charge is 2.41. The van der Waals surface area contributed by atoms with Gasteiger partial charge in [-0.15, -0.1) is 5.53 Å². The SMILES string of the molecule is C[C@H]1CC(O)(c2ccc(C(F)(F)F)cc2)C[C@@H](C2=CN(CCCO)NN2)N1. The maximum atomic E-state index is 12.8. The van der Waals surface area contributed by atoms with Crippen LogP contribution in [0.4, 0.5) is 13.2 Å². The molecule has 0 bridgehead atoms. The molecule has 2 heterocycles. The monoisotopic (exact) mass is 386 g/mol. The Balaban J connectivity index is 1.76. The summed E-state index contributed by atoms with van der Waals surface area (Å²) in [5, 5.41) is 25.3. The summed E-state index contributed by atoms with van der Waals surface area (Å²) in [5.41, 5.74) is 5.41. The van der Waals surface area contributed by atoms with E-state index in [1.54, 1.807) is 0 Å². The van der Waals surface area contributed by atoms with Crippen molar-refractivity contribution < 1.29 is 23.4 Å². The second kappa shape index (κ2) is 7.67. The Morgan fingerprint density at radius 3 is 2.56 bits per heavy atom. The molecular weight excluding hydrogens is 361 g/mol. The van der Waals surface area contributed by atoms with Crippen LogP contribution in [-0.2, 0) is 11.8 Å². The van der Waals surface area contributed by atoms with Gasteiger partial charge in [0, 0.05) is 31.8 Å². The van der Waals surface area contributed by atoms with Crippen molar-refractivity contribution in [2.45, 2.75) is 50.0 Å². The topological polar surface area (TPSA) is 79.8 Å². The van der Waals surface area contributed by atoms with Crippen LogP contribution in [0.25, 0.3) is 0 Å². The Labute approximate surface area is 156 Å². The molecule has 9 heteroatoms. The molecule has 2 aliphatic rings. The third kappa shape index (κ3) is 4.55. The van der Waals surface area contributed by atoms with Gasteiger partial charge in [0.1, 0.15) is 0 Å². The van der Waals surface area contributed by atoms with E-state index in [-0.39, 0.29) is 18.7 Å². The summed E-state index contributed by atoms with van der Waals surface area (Å²) in [7, 11) is 0. The lowest BCUT2D eigenvalue weighted by Gasteiger charge is -2.41. The van der Waals surface area contributed by atoms with Crippen LogP contribution in [0.3, 0.4) is 0 Å². The maximum absolute atomic E-state index is 12.8. The highest BCUT2D eigenvalue weighted by molar-refractivity contribution is 5.31. The standard InChI is InChI=1S/C18H25F3N4O2/c1-12-9-17(27,13-3-5-14(6-4-13)18(19,20)21)10-15(22-12)16-11-25(24-23-16)7-2-8-26/h3-6,11-12,15,22-24,26-27H,2,7-10H2,1H3/t12-,15-,17?/m0/s1. The number of nitrogens with zero attached hydrogens (tertiary/aromatic N) is 1. The van der Waals surface area contributed by atoms with Crippen LogP contribution < -0.4 is 16.3 Å². The molecule has 1 fully saturated rings. The van der Waals surface area contributed by atoms with Gasteiger partial charge < -0.3 is 21.0 Å². The molecule has 150 valence electrons. The molecule has 0 saturated carbocycles. The van der Waals surface area contributed by atoms with Crippen LogP contribution in [-0.4, -0.2) is 40.5 Å². The summed E-state index contributed by atoms with van der Waals surface area (Å²) in [6.07, 6.45) is -1.17. The van der Waals surface area contributed by atoms with E-state index in [1.165, 1.54) is 12.1 Å². The smallest absolute Gasteiger partial charge is 0.396 e. The summed E-state index contributed by atoms with van der Waals surface area (Å²) >= 11 is 0. The van der Waals surface area contributed by atoms with Crippen molar-refractivity contribution in [2.75, 3.05) is 13.2 Å². The number of piperidine rings is 1. The Morgan fingerprint density at radius 1 is 1.22 bits per heavy atom. The molecule has 0 aromatic heterocycles. The molecule has 5 N–H and O–H groups in total. The zero-order chi connectivity index (χ0) is 19.7. The molecule has 0 radical (unpaired) electrons. The van der Waals surface area contributed by atoms with Crippen LogP contribution in [0.15, 0.2) is 36.2 Å². The number of alkyl halides is 3. The van der Waals surface area contributed by atoms with Crippen LogP contribution in [0.2, 0.25) is 0 Å². The summed E-state index contributed by atoms with van der Waals surface area (Å²) in [6, 6.07) is 4.54. The summed E-state index contributed by atoms with van der Waals surface area (Å²) in [5.74, 6) is 0. The summed E-state index contributed by atoms with van der Waals surface area (Å²) < 4.78 is 38.4. The molecule has 1 aromatic rings. The first-order valence-corrected chi connectivity index (χ1v) is 8.98. The quantitative estimate of drug-likeness (QED) is 0.529. The number of halogens is 3. The van der Waals surface area contributed by atoms with Gasteiger partial charge in [-0.3, -0.25) is 5.01 Å². The summed E-state index contributed by atoms with van der Waals surface area (Å²) in [4.78, 5) is 0. The normalized spacial score (nSPS) is 28.8. The van der Waals surface area contributed by atoms with Gasteiger partial charge in [-0.1, -0.05) is 12.1 Å². The van der Waals surface area contributed by atoms with Gasteiger partial charge in [0.15, 0.2) is 0 Å². The predicted octanol–water partition coefficient (Wildman–Crippen LogP) is 1.58. The van der Waals surface area contributed by atoms with Gasteiger partial charge in [0.05, 0.1) is 22.9 Å². The van der Waals surface area contributed by atoms with E-state index in [4.69, 9.17) is 5.11 Å². The number of aliphatic hydroxyl groups is 2. The van der Waals surface area contributed by atoms with E-state index < -0.39 is 17.3 Å². The fourth-order valence-electron chi connectivity index (χ4n) is 3.70. The molecular formula is C18H25F3N4O2. The van der Waals surface area contributed by atoms with E-state index in [9.17, 15) is 18.3 Å². The molecule has 0 aliphatic carbocycles. The Kier molecular flexibility index (Phi) is 5.66. The number of aliphatic hydroxyl groups excluding tert-OH is 1.